The molecule has 3 aromatic rings. The van der Waals surface area contributed by atoms with Crippen molar-refractivity contribution in [1.29, 1.82) is 0 Å². The molecular formula is C47H69ClFN7O7S. The van der Waals surface area contributed by atoms with Crippen molar-refractivity contribution in [3.8, 4) is 11.5 Å². The smallest absolute Gasteiger partial charge is 0.315 e. The minimum absolute atomic E-state index is 0.000895. The van der Waals surface area contributed by atoms with E-state index in [1.807, 2.05) is 38.6 Å². The Bertz CT molecular complexity index is 2020. The first-order valence-electron chi connectivity index (χ1n) is 22.9. The zero-order chi connectivity index (χ0) is 46.3. The lowest BCUT2D eigenvalue weighted by atomic mass is 9.95. The van der Waals surface area contributed by atoms with Crippen molar-refractivity contribution in [2.24, 2.45) is 5.92 Å². The van der Waals surface area contributed by atoms with E-state index in [0.717, 1.165) is 50.7 Å². The highest BCUT2D eigenvalue weighted by Crippen LogP contribution is 2.37. The fourth-order valence-corrected chi connectivity index (χ4v) is 9.71. The Kier molecular flexibility index (Phi) is 19.4. The van der Waals surface area contributed by atoms with Crippen LogP contribution in [0.1, 0.15) is 112 Å². The van der Waals surface area contributed by atoms with E-state index in [-0.39, 0.29) is 47.0 Å². The van der Waals surface area contributed by atoms with Crippen molar-refractivity contribution in [2.45, 2.75) is 147 Å². The molecule has 2 aromatic carbocycles. The van der Waals surface area contributed by atoms with E-state index in [4.69, 9.17) is 30.5 Å². The molecule has 0 saturated carbocycles. The second kappa shape index (κ2) is 24.4. The lowest BCUT2D eigenvalue weighted by Crippen LogP contribution is -2.37. The molecular weight excluding hydrogens is 861 g/mol. The maximum atomic E-state index is 13.8. The van der Waals surface area contributed by atoms with Crippen molar-refractivity contribution in [3.63, 3.8) is 0 Å². The number of aromatic nitrogens is 2. The molecule has 2 saturated heterocycles. The van der Waals surface area contributed by atoms with E-state index in [1.165, 1.54) is 18.5 Å². The molecule has 0 spiro atoms. The molecule has 4 amide bonds. The third-order valence-corrected chi connectivity index (χ3v) is 14.2. The predicted octanol–water partition coefficient (Wildman–Crippen LogP) is 8.86. The Hall–Kier alpha value is -4.12. The van der Waals surface area contributed by atoms with E-state index >= 15 is 0 Å². The van der Waals surface area contributed by atoms with E-state index in [1.54, 1.807) is 19.2 Å². The number of methoxy groups -OCH3 is 1. The largest absolute Gasteiger partial charge is 0.493 e. The summed E-state index contributed by atoms with van der Waals surface area (Å²) < 4.78 is 38.5. The normalized spacial score (nSPS) is 19.0. The molecule has 5 N–H and O–H groups in total. The summed E-state index contributed by atoms with van der Waals surface area (Å²) in [6.07, 6.45) is 9.22. The molecule has 5 rings (SSSR count). The number of thioether (sulfide) groups is 1. The minimum Gasteiger partial charge on any atom is -0.493 e. The minimum atomic E-state index is -0.507. The quantitative estimate of drug-likeness (QED) is 0.0348. The van der Waals surface area contributed by atoms with Crippen LogP contribution in [0.4, 0.5) is 20.7 Å². The zero-order valence-electron chi connectivity index (χ0n) is 38.6. The maximum absolute atomic E-state index is 13.8. The number of nitrogens with zero attached hydrogens (tertiary/aromatic N) is 2. The van der Waals surface area contributed by atoms with Crippen LogP contribution in [-0.4, -0.2) is 102 Å². The summed E-state index contributed by atoms with van der Waals surface area (Å²) >= 11 is 7.92. The van der Waals surface area contributed by atoms with Gasteiger partial charge in [0.1, 0.15) is 18.0 Å². The van der Waals surface area contributed by atoms with Gasteiger partial charge in [0.05, 0.1) is 60.3 Å². The lowest BCUT2D eigenvalue weighted by molar-refractivity contribution is -0.125. The highest BCUT2D eigenvalue weighted by atomic mass is 35.5. The van der Waals surface area contributed by atoms with Gasteiger partial charge in [0, 0.05) is 54.1 Å². The van der Waals surface area contributed by atoms with Gasteiger partial charge in [-0.2, -0.15) is 11.8 Å². The van der Waals surface area contributed by atoms with Gasteiger partial charge in [-0.25, -0.2) is 19.2 Å². The van der Waals surface area contributed by atoms with Crippen molar-refractivity contribution < 1.29 is 37.7 Å². The van der Waals surface area contributed by atoms with Crippen LogP contribution in [0, 0.1) is 11.7 Å². The van der Waals surface area contributed by atoms with Gasteiger partial charge < -0.3 is 45.5 Å². The van der Waals surface area contributed by atoms with Gasteiger partial charge in [-0.15, -0.1) is 0 Å². The van der Waals surface area contributed by atoms with Gasteiger partial charge in [-0.3, -0.25) is 9.59 Å². The number of carbonyl (C=O) groups is 3. The fraction of sp³-hybridized carbons (Fsp3) is 0.638. The van der Waals surface area contributed by atoms with Gasteiger partial charge >= 0.3 is 6.03 Å². The summed E-state index contributed by atoms with van der Waals surface area (Å²) in [5.41, 5.74) is 0.305. The number of anilines is 2. The average molecular weight is 931 g/mol. The molecule has 0 radical (unpaired) electrons. The Balaban J connectivity index is 0.986. The van der Waals surface area contributed by atoms with Crippen LogP contribution >= 0.6 is 23.4 Å². The third-order valence-electron chi connectivity index (χ3n) is 12.4. The molecule has 3 heterocycles. The van der Waals surface area contributed by atoms with Crippen LogP contribution in [-0.2, 0) is 19.1 Å². The molecule has 0 bridgehead atoms. The number of nitrogens with one attached hydrogen (secondary N) is 5. The first kappa shape index (κ1) is 50.9. The van der Waals surface area contributed by atoms with Crippen LogP contribution in [0.2, 0.25) is 5.02 Å². The molecule has 14 nitrogen and oxygen atoms in total. The lowest BCUT2D eigenvalue weighted by Gasteiger charge is -2.30. The summed E-state index contributed by atoms with van der Waals surface area (Å²) in [6.45, 7) is 14.2. The Labute approximate surface area is 387 Å². The molecule has 1 aromatic heterocycles. The summed E-state index contributed by atoms with van der Waals surface area (Å²) in [4.78, 5) is 46.1. The van der Waals surface area contributed by atoms with Gasteiger partial charge in [0.15, 0.2) is 11.5 Å². The second-order valence-corrected chi connectivity index (χ2v) is 19.4. The van der Waals surface area contributed by atoms with Gasteiger partial charge in [-0.05, 0) is 95.9 Å². The summed E-state index contributed by atoms with van der Waals surface area (Å²) in [5, 5.41) is 16.5. The SMILES string of the molecule is CCC(CNC(=O)CCC(C)(CC)OCCOC(C)(C)CCNC(=O)CCCCC1SCC2NC(=O)NC21)CC(CC)Oc1cc2c(Nc3ccc(F)c(Cl)c3)ncnc2cc1OC. The highest BCUT2D eigenvalue weighted by molar-refractivity contribution is 8.00. The molecule has 6 atom stereocenters. The molecule has 2 fully saturated rings. The van der Waals surface area contributed by atoms with Crippen LogP contribution < -0.4 is 36.1 Å². The first-order valence-corrected chi connectivity index (χ1v) is 24.3. The van der Waals surface area contributed by atoms with Crippen LogP contribution in [0.15, 0.2) is 36.7 Å². The molecule has 0 aliphatic carbocycles. The topological polar surface area (TPSA) is 174 Å². The number of fused-ring (bicyclic) bond motifs is 2. The number of hydrogen-bond acceptors (Lipinski definition) is 11. The molecule has 2 aliphatic rings. The molecule has 17 heteroatoms. The zero-order valence-corrected chi connectivity index (χ0v) is 40.2. The molecule has 64 heavy (non-hydrogen) atoms. The number of unbranched alkanes of at least 4 members (excludes halogenated alkanes) is 1. The number of amides is 4. The van der Waals surface area contributed by atoms with Crippen molar-refractivity contribution in [2.75, 3.05) is 44.5 Å². The van der Waals surface area contributed by atoms with Crippen molar-refractivity contribution in [1.82, 2.24) is 31.2 Å². The summed E-state index contributed by atoms with van der Waals surface area (Å²) in [6, 6.07) is 8.39. The Morgan fingerprint density at radius 2 is 1.75 bits per heavy atom. The van der Waals surface area contributed by atoms with Gasteiger partial charge in [0.2, 0.25) is 11.8 Å². The maximum Gasteiger partial charge on any atom is 0.315 e. The summed E-state index contributed by atoms with van der Waals surface area (Å²) in [7, 11) is 1.59. The summed E-state index contributed by atoms with van der Waals surface area (Å²) in [5.74, 6) is 2.25. The predicted molar refractivity (Wildman–Crippen MR) is 252 cm³/mol. The highest BCUT2D eigenvalue weighted by Gasteiger charge is 2.42. The third kappa shape index (κ3) is 15.2. The second-order valence-electron chi connectivity index (χ2n) is 17.7. The average Bonchev–Trinajstić information content (AvgIpc) is 3.84. The van der Waals surface area contributed by atoms with Gasteiger partial charge in [0.25, 0.3) is 0 Å². The van der Waals surface area contributed by atoms with E-state index < -0.39 is 17.0 Å². The van der Waals surface area contributed by atoms with Crippen molar-refractivity contribution >= 4 is 63.6 Å². The Morgan fingerprint density at radius 3 is 2.48 bits per heavy atom. The number of hydrogen-bond donors (Lipinski definition) is 5. The van der Waals surface area contributed by atoms with Crippen LogP contribution in [0.5, 0.6) is 11.5 Å². The van der Waals surface area contributed by atoms with Crippen LogP contribution in [0.25, 0.3) is 10.9 Å². The first-order chi connectivity index (χ1) is 30.6. The number of ether oxygens (including phenoxy) is 4. The number of rotatable bonds is 28. The van der Waals surface area contributed by atoms with E-state index in [9.17, 15) is 18.8 Å². The van der Waals surface area contributed by atoms with E-state index in [0.29, 0.717) is 91.1 Å². The fourth-order valence-electron chi connectivity index (χ4n) is 7.99. The number of carbonyl (C=O) groups excluding carboxylic acids is 3. The van der Waals surface area contributed by atoms with Crippen molar-refractivity contribution in [3.05, 3.63) is 47.5 Å². The number of urea groups is 1. The van der Waals surface area contributed by atoms with Gasteiger partial charge in [-0.1, -0.05) is 45.2 Å². The Morgan fingerprint density at radius 1 is 0.969 bits per heavy atom. The molecule has 6 unspecified atom stereocenters. The number of halogens is 2. The number of benzene rings is 2. The standard InChI is InChI=1S/C47H69ClFN7O7S/c1-8-30(23-32(9-2)63-39-25-33-36(26-38(39)60-7)52-29-53-44(33)54-31-15-16-35(49)34(48)24-31)27-51-42(58)17-18-47(6,10-3)62-22-21-61-46(4,5)19-20-50-41(57)14-12-11-13-40-43-37(28-64-40)55-45(59)56-43/h15-16,24-26,29-30,32,37,40,43H,8-14,17-23,27-28H2,1-7H3,(H,50,57)(H,51,58)(H,52,53,54)(H2,55,56,59). The van der Waals surface area contributed by atoms with E-state index in [2.05, 4.69) is 57.3 Å². The molecule has 354 valence electrons. The molecule has 2 aliphatic heterocycles. The van der Waals surface area contributed by atoms with Crippen LogP contribution in [0.3, 0.4) is 0 Å². The monoisotopic (exact) mass is 929 g/mol.